The van der Waals surface area contributed by atoms with Gasteiger partial charge in [-0.15, -0.1) is 0 Å². The van der Waals surface area contributed by atoms with E-state index >= 15 is 0 Å². The molecule has 0 aliphatic heterocycles. The van der Waals surface area contributed by atoms with Crippen LogP contribution >= 0.6 is 0 Å². The van der Waals surface area contributed by atoms with Crippen molar-refractivity contribution < 1.29 is 18.7 Å². The van der Waals surface area contributed by atoms with Crippen LogP contribution in [0.2, 0.25) is 0 Å². The predicted octanol–water partition coefficient (Wildman–Crippen LogP) is 1.53. The third-order valence-corrected chi connectivity index (χ3v) is 2.21. The zero-order chi connectivity index (χ0) is 12.4. The molecule has 17 heavy (non-hydrogen) atoms. The summed E-state index contributed by atoms with van der Waals surface area (Å²) in [6.45, 7) is 1.23. The highest BCUT2D eigenvalue weighted by atomic mass is 16.5. The van der Waals surface area contributed by atoms with Gasteiger partial charge >= 0.3 is 11.6 Å². The lowest BCUT2D eigenvalue weighted by molar-refractivity contribution is -0.131. The molecule has 0 bridgehead atoms. The minimum atomic E-state index is -0.651. The lowest BCUT2D eigenvalue weighted by atomic mass is 10.1. The Balaban J connectivity index is 2.83. The van der Waals surface area contributed by atoms with Gasteiger partial charge in [0.05, 0.1) is 5.56 Å². The number of esters is 1. The van der Waals surface area contributed by atoms with Crippen LogP contribution in [0.4, 0.5) is 0 Å². The first kappa shape index (κ1) is 11.1. The molecule has 0 saturated carbocycles. The predicted molar refractivity (Wildman–Crippen MR) is 59.2 cm³/mol. The average Bonchev–Trinajstić information content (AvgIpc) is 2.29. The van der Waals surface area contributed by atoms with E-state index in [1.165, 1.54) is 13.0 Å². The van der Waals surface area contributed by atoms with Crippen molar-refractivity contribution in [3.63, 3.8) is 0 Å². The van der Waals surface area contributed by atoms with Gasteiger partial charge in [0.1, 0.15) is 17.4 Å². The van der Waals surface area contributed by atoms with Gasteiger partial charge in [-0.25, -0.2) is 4.79 Å². The van der Waals surface area contributed by atoms with Gasteiger partial charge in [0, 0.05) is 12.3 Å². The molecule has 1 aromatic heterocycles. The number of rotatable bonds is 2. The van der Waals surface area contributed by atoms with Crippen LogP contribution in [-0.4, -0.2) is 12.3 Å². The highest BCUT2D eigenvalue weighted by molar-refractivity contribution is 6.00. The number of carbonyl (C=O) groups is 2. The molecule has 1 heterocycles. The quantitative estimate of drug-likeness (QED) is 0.446. The van der Waals surface area contributed by atoms with Crippen molar-refractivity contribution in [1.82, 2.24) is 0 Å². The summed E-state index contributed by atoms with van der Waals surface area (Å²) in [5.41, 5.74) is -0.420. The molecule has 0 N–H and O–H groups in total. The summed E-state index contributed by atoms with van der Waals surface area (Å²) in [6, 6.07) is 4.64. The number of benzene rings is 1. The van der Waals surface area contributed by atoms with Crippen LogP contribution in [0, 0.1) is 0 Å². The van der Waals surface area contributed by atoms with E-state index in [4.69, 9.17) is 9.15 Å². The second-order valence-electron chi connectivity index (χ2n) is 3.37. The largest absolute Gasteiger partial charge is 0.430 e. The number of hydrogen-bond donors (Lipinski definition) is 0. The van der Waals surface area contributed by atoms with Crippen molar-refractivity contribution in [2.45, 2.75) is 6.92 Å². The molecular formula is C12H8O5. The zero-order valence-electron chi connectivity index (χ0n) is 8.93. The molecule has 5 nitrogen and oxygen atoms in total. The molecule has 0 fully saturated rings. The molecule has 2 aromatic rings. The minimum Gasteiger partial charge on any atom is -0.430 e. The Labute approximate surface area is 95.6 Å². The smallest absolute Gasteiger partial charge is 0.347 e. The van der Waals surface area contributed by atoms with E-state index in [0.717, 1.165) is 6.26 Å². The van der Waals surface area contributed by atoms with Crippen LogP contribution in [0.5, 0.6) is 5.75 Å². The fourth-order valence-corrected chi connectivity index (χ4v) is 1.55. The lowest BCUT2D eigenvalue weighted by Gasteiger charge is -2.05. The maximum atomic E-state index is 11.6. The normalized spacial score (nSPS) is 10.2. The van der Waals surface area contributed by atoms with Crippen molar-refractivity contribution in [1.29, 1.82) is 0 Å². The fourth-order valence-electron chi connectivity index (χ4n) is 1.55. The lowest BCUT2D eigenvalue weighted by Crippen LogP contribution is -2.07. The minimum absolute atomic E-state index is 0.0901. The summed E-state index contributed by atoms with van der Waals surface area (Å²) in [4.78, 5) is 33.3. The molecule has 5 heteroatoms. The maximum Gasteiger partial charge on any atom is 0.347 e. The summed E-state index contributed by atoms with van der Waals surface area (Å²) >= 11 is 0. The Morgan fingerprint density at radius 2 is 2.18 bits per heavy atom. The number of hydrogen-bond acceptors (Lipinski definition) is 5. The van der Waals surface area contributed by atoms with Crippen LogP contribution in [0.25, 0.3) is 10.8 Å². The number of aldehydes is 1. The monoisotopic (exact) mass is 232 g/mol. The van der Waals surface area contributed by atoms with E-state index in [9.17, 15) is 14.4 Å². The van der Waals surface area contributed by atoms with Gasteiger partial charge in [-0.05, 0) is 6.07 Å². The molecule has 0 saturated heterocycles. The van der Waals surface area contributed by atoms with Crippen molar-refractivity contribution in [2.24, 2.45) is 0 Å². The van der Waals surface area contributed by atoms with Gasteiger partial charge < -0.3 is 9.15 Å². The van der Waals surface area contributed by atoms with Crippen LogP contribution in [0.1, 0.15) is 17.3 Å². The van der Waals surface area contributed by atoms with E-state index in [1.807, 2.05) is 0 Å². The molecule has 0 aliphatic rings. The summed E-state index contributed by atoms with van der Waals surface area (Å²) in [7, 11) is 0. The summed E-state index contributed by atoms with van der Waals surface area (Å²) in [5.74, 6) is -0.458. The number of ether oxygens (including phenoxy) is 1. The van der Waals surface area contributed by atoms with Gasteiger partial charge in [-0.1, -0.05) is 12.1 Å². The molecule has 0 atom stereocenters. The maximum absolute atomic E-state index is 11.6. The Morgan fingerprint density at radius 1 is 1.41 bits per heavy atom. The second-order valence-corrected chi connectivity index (χ2v) is 3.37. The molecule has 0 unspecified atom stereocenters. The molecule has 0 spiro atoms. The van der Waals surface area contributed by atoms with Gasteiger partial charge in [-0.3, -0.25) is 9.59 Å². The van der Waals surface area contributed by atoms with Crippen molar-refractivity contribution in [3.05, 3.63) is 40.4 Å². The standard InChI is InChI=1S/C12H8O5/c1-7(14)17-10-4-2-3-9-8(5-13)6-16-12(15)11(9)10/h2-6H,1H3. The van der Waals surface area contributed by atoms with E-state index in [-0.39, 0.29) is 16.7 Å². The first-order valence-corrected chi connectivity index (χ1v) is 4.81. The summed E-state index contributed by atoms with van der Waals surface area (Å²) in [5, 5.41) is 0.488. The zero-order valence-corrected chi connectivity index (χ0v) is 8.93. The Hall–Kier alpha value is -2.43. The third-order valence-electron chi connectivity index (χ3n) is 2.21. The fraction of sp³-hybridized carbons (Fsp3) is 0.0833. The topological polar surface area (TPSA) is 73.6 Å². The van der Waals surface area contributed by atoms with Crippen molar-refractivity contribution in [3.8, 4) is 5.75 Å². The van der Waals surface area contributed by atoms with Gasteiger partial charge in [0.25, 0.3) is 0 Å². The van der Waals surface area contributed by atoms with Crippen LogP contribution in [0.15, 0.2) is 33.7 Å². The van der Waals surface area contributed by atoms with Gasteiger partial charge in [0.2, 0.25) is 0 Å². The third kappa shape index (κ3) is 1.94. The van der Waals surface area contributed by atoms with E-state index in [0.29, 0.717) is 11.7 Å². The first-order chi connectivity index (χ1) is 8.13. The molecular weight excluding hydrogens is 224 g/mol. The molecule has 1 aromatic carbocycles. The average molecular weight is 232 g/mol. The Kier molecular flexibility index (Phi) is 2.74. The highest BCUT2D eigenvalue weighted by Crippen LogP contribution is 2.24. The highest BCUT2D eigenvalue weighted by Gasteiger charge is 2.12. The van der Waals surface area contributed by atoms with E-state index in [2.05, 4.69) is 0 Å². The van der Waals surface area contributed by atoms with E-state index < -0.39 is 11.6 Å². The van der Waals surface area contributed by atoms with E-state index in [1.54, 1.807) is 12.1 Å². The second kappa shape index (κ2) is 4.21. The number of fused-ring (bicyclic) bond motifs is 1. The molecule has 0 aliphatic carbocycles. The number of carbonyl (C=O) groups excluding carboxylic acids is 2. The summed E-state index contributed by atoms with van der Waals surface area (Å²) in [6.07, 6.45) is 1.65. The first-order valence-electron chi connectivity index (χ1n) is 4.81. The molecule has 2 rings (SSSR count). The summed E-state index contributed by atoms with van der Waals surface area (Å²) < 4.78 is 9.60. The molecule has 0 amide bonds. The SMILES string of the molecule is CC(=O)Oc1cccc2c(C=O)coc(=O)c12. The van der Waals surface area contributed by atoms with Gasteiger partial charge in [-0.2, -0.15) is 0 Å². The Bertz CT molecular complexity index is 653. The van der Waals surface area contributed by atoms with Crippen LogP contribution < -0.4 is 10.4 Å². The molecule has 86 valence electrons. The van der Waals surface area contributed by atoms with Crippen molar-refractivity contribution in [2.75, 3.05) is 0 Å². The van der Waals surface area contributed by atoms with Crippen LogP contribution in [-0.2, 0) is 4.79 Å². The van der Waals surface area contributed by atoms with Gasteiger partial charge in [0.15, 0.2) is 6.29 Å². The van der Waals surface area contributed by atoms with Crippen LogP contribution in [0.3, 0.4) is 0 Å². The Morgan fingerprint density at radius 3 is 2.82 bits per heavy atom. The van der Waals surface area contributed by atoms with Crippen molar-refractivity contribution >= 4 is 23.0 Å². The molecule has 0 radical (unpaired) electrons.